The van der Waals surface area contributed by atoms with Crippen LogP contribution in [0.2, 0.25) is 0 Å². The second-order valence-electron chi connectivity index (χ2n) is 8.38. The highest BCUT2D eigenvalue weighted by atomic mass is 16.5. The van der Waals surface area contributed by atoms with Gasteiger partial charge in [-0.1, -0.05) is 59.2 Å². The molecule has 0 fully saturated rings. The molecule has 2 aromatic rings. The van der Waals surface area contributed by atoms with Crippen molar-refractivity contribution in [1.82, 2.24) is 0 Å². The topological polar surface area (TPSA) is 18.5 Å². The monoisotopic (exact) mass is 406 g/mol. The Hall–Kier alpha value is -2.48. The smallest absolute Gasteiger partial charge is 0.130 e. The van der Waals surface area contributed by atoms with Crippen LogP contribution >= 0.6 is 0 Å². The molecule has 0 aliphatic rings. The molecule has 0 aliphatic heterocycles. The number of fused-ring (bicyclic) bond motifs is 1. The lowest BCUT2D eigenvalue weighted by molar-refractivity contribution is 0.404. The van der Waals surface area contributed by atoms with Crippen LogP contribution in [0.4, 0.5) is 0 Å². The summed E-state index contributed by atoms with van der Waals surface area (Å²) >= 11 is 0. The van der Waals surface area contributed by atoms with Gasteiger partial charge in [0.05, 0.1) is 14.2 Å². The molecule has 0 N–H and O–H groups in total. The summed E-state index contributed by atoms with van der Waals surface area (Å²) in [5.41, 5.74) is 6.67. The van der Waals surface area contributed by atoms with Crippen molar-refractivity contribution in [3.63, 3.8) is 0 Å². The van der Waals surface area contributed by atoms with Crippen LogP contribution in [0.15, 0.2) is 59.2 Å². The van der Waals surface area contributed by atoms with Gasteiger partial charge in [-0.15, -0.1) is 0 Å². The van der Waals surface area contributed by atoms with Crippen LogP contribution < -0.4 is 9.47 Å². The molecule has 2 nitrogen and oxygen atoms in total. The van der Waals surface area contributed by atoms with E-state index in [-0.39, 0.29) is 0 Å². The van der Waals surface area contributed by atoms with Crippen LogP contribution in [0.1, 0.15) is 64.5 Å². The van der Waals surface area contributed by atoms with Crippen molar-refractivity contribution in [2.24, 2.45) is 0 Å². The van der Waals surface area contributed by atoms with Gasteiger partial charge in [0.25, 0.3) is 0 Å². The van der Waals surface area contributed by atoms with Crippen LogP contribution in [-0.2, 0) is 6.42 Å². The molecule has 0 saturated carbocycles. The number of ether oxygens (including phenoxy) is 2. The van der Waals surface area contributed by atoms with Crippen molar-refractivity contribution in [2.45, 2.75) is 66.7 Å². The van der Waals surface area contributed by atoms with Gasteiger partial charge in [-0.2, -0.15) is 0 Å². The molecule has 0 heterocycles. The Labute approximate surface area is 183 Å². The molecule has 0 spiro atoms. The summed E-state index contributed by atoms with van der Waals surface area (Å²) in [6.45, 7) is 10.9. The van der Waals surface area contributed by atoms with E-state index in [2.05, 4.69) is 71.0 Å². The normalized spacial score (nSPS) is 12.2. The Morgan fingerprint density at radius 1 is 0.767 bits per heavy atom. The van der Waals surface area contributed by atoms with E-state index < -0.39 is 0 Å². The predicted molar refractivity (Wildman–Crippen MR) is 131 cm³/mol. The zero-order chi connectivity index (χ0) is 22.1. The summed E-state index contributed by atoms with van der Waals surface area (Å²) in [6.07, 6.45) is 12.4. The van der Waals surface area contributed by atoms with Crippen LogP contribution in [0.3, 0.4) is 0 Å². The first-order valence-electron chi connectivity index (χ1n) is 11.0. The number of methoxy groups -OCH3 is 2. The van der Waals surface area contributed by atoms with Gasteiger partial charge < -0.3 is 9.47 Å². The molecule has 0 aromatic heterocycles. The second kappa shape index (κ2) is 11.6. The zero-order valence-corrected chi connectivity index (χ0v) is 19.9. The first kappa shape index (κ1) is 23.8. The molecule has 2 aromatic carbocycles. The fraction of sp³-hybridized carbons (Fsp3) is 0.429. The van der Waals surface area contributed by atoms with E-state index in [1.54, 1.807) is 14.2 Å². The second-order valence-corrected chi connectivity index (χ2v) is 8.38. The Morgan fingerprint density at radius 3 is 1.87 bits per heavy atom. The fourth-order valence-corrected chi connectivity index (χ4v) is 3.91. The molecular weight excluding hydrogens is 368 g/mol. The number of benzene rings is 2. The fourth-order valence-electron chi connectivity index (χ4n) is 3.91. The summed E-state index contributed by atoms with van der Waals surface area (Å²) < 4.78 is 11.6. The maximum atomic E-state index is 5.84. The average molecular weight is 407 g/mol. The highest BCUT2D eigenvalue weighted by molar-refractivity contribution is 5.96. The van der Waals surface area contributed by atoms with E-state index >= 15 is 0 Å². The number of allylic oxidation sites excluding steroid dienone is 6. The maximum absolute atomic E-state index is 5.84. The molecule has 0 saturated heterocycles. The third-order valence-electron chi connectivity index (χ3n) is 5.67. The van der Waals surface area contributed by atoms with E-state index in [4.69, 9.17) is 9.47 Å². The molecule has 2 heteroatoms. The highest BCUT2D eigenvalue weighted by Crippen LogP contribution is 2.40. The zero-order valence-electron chi connectivity index (χ0n) is 19.9. The van der Waals surface area contributed by atoms with E-state index in [0.29, 0.717) is 0 Å². The first-order valence-corrected chi connectivity index (χ1v) is 11.0. The number of hydrogen-bond acceptors (Lipinski definition) is 2. The Bertz CT molecular complexity index is 941. The summed E-state index contributed by atoms with van der Waals surface area (Å²) in [6, 6.07) is 8.30. The van der Waals surface area contributed by atoms with Crippen molar-refractivity contribution in [3.8, 4) is 11.5 Å². The Kier molecular flexibility index (Phi) is 9.23. The molecule has 0 atom stereocenters. The van der Waals surface area contributed by atoms with Gasteiger partial charge in [0.15, 0.2) is 0 Å². The summed E-state index contributed by atoms with van der Waals surface area (Å²) in [5.74, 6) is 1.91. The molecule has 30 heavy (non-hydrogen) atoms. The van der Waals surface area contributed by atoms with Crippen molar-refractivity contribution in [2.75, 3.05) is 14.2 Å². The van der Waals surface area contributed by atoms with Gasteiger partial charge in [-0.05, 0) is 72.3 Å². The van der Waals surface area contributed by atoms with E-state index in [9.17, 15) is 0 Å². The molecular formula is C28H38O2. The van der Waals surface area contributed by atoms with Gasteiger partial charge in [0.1, 0.15) is 11.5 Å². The quantitative estimate of drug-likeness (QED) is 0.371. The maximum Gasteiger partial charge on any atom is 0.130 e. The average Bonchev–Trinajstić information content (AvgIpc) is 2.71. The third kappa shape index (κ3) is 6.26. The van der Waals surface area contributed by atoms with Crippen molar-refractivity contribution >= 4 is 10.8 Å². The van der Waals surface area contributed by atoms with Crippen molar-refractivity contribution < 1.29 is 9.47 Å². The number of rotatable bonds is 10. The van der Waals surface area contributed by atoms with Crippen LogP contribution in [0.25, 0.3) is 10.8 Å². The van der Waals surface area contributed by atoms with Gasteiger partial charge in [-0.3, -0.25) is 0 Å². The minimum atomic E-state index is 0.852. The standard InChI is InChI=1S/C28H38O2/c1-20(2)12-10-13-21(3)14-11-15-22(4)18-19-24-23(5)27(29-6)25-16-8-9-17-26(25)28(24)30-7/h8-9,12,14,16-18H,10-11,13,15,19H2,1-7H3/b21-14+,22-18+. The summed E-state index contributed by atoms with van der Waals surface area (Å²) in [7, 11) is 3.51. The third-order valence-corrected chi connectivity index (χ3v) is 5.67. The predicted octanol–water partition coefficient (Wildman–Crippen LogP) is 8.13. The van der Waals surface area contributed by atoms with Crippen molar-refractivity contribution in [3.05, 3.63) is 70.3 Å². The van der Waals surface area contributed by atoms with Gasteiger partial charge in [-0.25, -0.2) is 0 Å². The van der Waals surface area contributed by atoms with Gasteiger partial charge in [0, 0.05) is 16.3 Å². The summed E-state index contributed by atoms with van der Waals surface area (Å²) in [5, 5.41) is 2.21. The molecule has 0 radical (unpaired) electrons. The van der Waals surface area contributed by atoms with E-state index in [1.807, 2.05) is 6.07 Å². The lowest BCUT2D eigenvalue weighted by Crippen LogP contribution is -2.00. The minimum absolute atomic E-state index is 0.852. The van der Waals surface area contributed by atoms with E-state index in [1.165, 1.54) is 22.3 Å². The lowest BCUT2D eigenvalue weighted by atomic mass is 9.95. The SMILES string of the molecule is COc1c(C)c(C/C=C(\C)CC/C=C(\C)CCC=C(C)C)c(OC)c2ccccc12. The molecule has 162 valence electrons. The van der Waals surface area contributed by atoms with Crippen LogP contribution in [0, 0.1) is 6.92 Å². The molecule has 0 amide bonds. The Morgan fingerprint density at radius 2 is 1.30 bits per heavy atom. The Balaban J connectivity index is 2.13. The first-order chi connectivity index (χ1) is 14.4. The number of hydrogen-bond donors (Lipinski definition) is 0. The lowest BCUT2D eigenvalue weighted by Gasteiger charge is -2.18. The molecule has 0 unspecified atom stereocenters. The van der Waals surface area contributed by atoms with Gasteiger partial charge in [0.2, 0.25) is 0 Å². The highest BCUT2D eigenvalue weighted by Gasteiger charge is 2.17. The van der Waals surface area contributed by atoms with Crippen LogP contribution in [-0.4, -0.2) is 14.2 Å². The van der Waals surface area contributed by atoms with E-state index in [0.717, 1.165) is 59.9 Å². The summed E-state index contributed by atoms with van der Waals surface area (Å²) in [4.78, 5) is 0. The molecule has 2 rings (SSSR count). The largest absolute Gasteiger partial charge is 0.496 e. The van der Waals surface area contributed by atoms with Crippen LogP contribution in [0.5, 0.6) is 11.5 Å². The molecule has 0 aliphatic carbocycles. The van der Waals surface area contributed by atoms with Gasteiger partial charge >= 0.3 is 0 Å². The molecule has 0 bridgehead atoms. The van der Waals surface area contributed by atoms with Crippen molar-refractivity contribution in [1.29, 1.82) is 0 Å². The minimum Gasteiger partial charge on any atom is -0.496 e.